The number of rotatable bonds is 5. The SMILES string of the molecule is CN(C)c1nc(N)nc(N(C)CCc2ccc[nH]2)n1. The van der Waals surface area contributed by atoms with Gasteiger partial charge in [0.2, 0.25) is 17.8 Å². The summed E-state index contributed by atoms with van der Waals surface area (Å²) in [6.45, 7) is 0.802. The quantitative estimate of drug-likeness (QED) is 0.816. The predicted octanol–water partition coefficient (Wildman–Crippen LogP) is 0.527. The molecule has 0 bridgehead atoms. The van der Waals surface area contributed by atoms with E-state index in [2.05, 4.69) is 26.0 Å². The van der Waals surface area contributed by atoms with Crippen LogP contribution in [0.4, 0.5) is 17.8 Å². The van der Waals surface area contributed by atoms with E-state index in [1.54, 1.807) is 4.90 Å². The predicted molar refractivity (Wildman–Crippen MR) is 76.3 cm³/mol. The zero-order valence-corrected chi connectivity index (χ0v) is 11.5. The minimum absolute atomic E-state index is 0.237. The van der Waals surface area contributed by atoms with E-state index < -0.39 is 0 Å². The van der Waals surface area contributed by atoms with Crippen molar-refractivity contribution < 1.29 is 0 Å². The van der Waals surface area contributed by atoms with Crippen molar-refractivity contribution in [1.82, 2.24) is 19.9 Å². The molecule has 0 saturated heterocycles. The minimum atomic E-state index is 0.237. The number of nitrogens with one attached hydrogen (secondary N) is 1. The lowest BCUT2D eigenvalue weighted by Gasteiger charge is -2.18. The zero-order chi connectivity index (χ0) is 13.8. The lowest BCUT2D eigenvalue weighted by Crippen LogP contribution is -2.25. The molecular weight excluding hydrogens is 242 g/mol. The molecule has 0 saturated carbocycles. The number of anilines is 3. The third-order valence-corrected chi connectivity index (χ3v) is 2.75. The topological polar surface area (TPSA) is 87.0 Å². The van der Waals surface area contributed by atoms with E-state index in [9.17, 15) is 0 Å². The second kappa shape index (κ2) is 5.55. The maximum absolute atomic E-state index is 5.70. The van der Waals surface area contributed by atoms with Crippen LogP contribution in [0.25, 0.3) is 0 Å². The molecule has 2 rings (SSSR count). The highest BCUT2D eigenvalue weighted by Gasteiger charge is 2.10. The fraction of sp³-hybridized carbons (Fsp3) is 0.417. The van der Waals surface area contributed by atoms with Crippen molar-refractivity contribution in [1.29, 1.82) is 0 Å². The molecule has 102 valence electrons. The van der Waals surface area contributed by atoms with E-state index in [-0.39, 0.29) is 5.95 Å². The van der Waals surface area contributed by atoms with Gasteiger partial charge >= 0.3 is 0 Å². The number of nitrogens with zero attached hydrogens (tertiary/aromatic N) is 5. The van der Waals surface area contributed by atoms with Crippen molar-refractivity contribution in [3.8, 4) is 0 Å². The number of hydrogen-bond donors (Lipinski definition) is 2. The molecule has 2 heterocycles. The largest absolute Gasteiger partial charge is 0.368 e. The Morgan fingerprint density at radius 2 is 1.89 bits per heavy atom. The third-order valence-electron chi connectivity index (χ3n) is 2.75. The number of H-pyrrole nitrogens is 1. The Kier molecular flexibility index (Phi) is 3.84. The zero-order valence-electron chi connectivity index (χ0n) is 11.5. The molecule has 0 fully saturated rings. The van der Waals surface area contributed by atoms with Gasteiger partial charge in [0.15, 0.2) is 0 Å². The van der Waals surface area contributed by atoms with Gasteiger partial charge in [0.1, 0.15) is 0 Å². The number of hydrogen-bond acceptors (Lipinski definition) is 6. The molecular formula is C12H19N7. The van der Waals surface area contributed by atoms with Crippen LogP contribution in [-0.2, 0) is 6.42 Å². The smallest absolute Gasteiger partial charge is 0.231 e. The maximum atomic E-state index is 5.70. The van der Waals surface area contributed by atoms with Crippen molar-refractivity contribution in [2.75, 3.05) is 43.2 Å². The monoisotopic (exact) mass is 261 g/mol. The molecule has 0 aromatic carbocycles. The first kappa shape index (κ1) is 13.1. The first-order valence-corrected chi connectivity index (χ1v) is 6.08. The Labute approximate surface area is 112 Å². The van der Waals surface area contributed by atoms with Gasteiger partial charge in [-0.15, -0.1) is 0 Å². The lowest BCUT2D eigenvalue weighted by molar-refractivity contribution is 0.814. The Morgan fingerprint density at radius 3 is 2.53 bits per heavy atom. The molecule has 0 aliphatic heterocycles. The standard InChI is InChI=1S/C12H19N7/c1-18(2)11-15-10(13)16-12(17-11)19(3)8-6-9-5-4-7-14-9/h4-5,7,14H,6,8H2,1-3H3,(H2,13,15,16,17). The van der Waals surface area contributed by atoms with Crippen LogP contribution in [0, 0.1) is 0 Å². The number of aromatic amines is 1. The van der Waals surface area contributed by atoms with Crippen molar-refractivity contribution in [3.63, 3.8) is 0 Å². The van der Waals surface area contributed by atoms with Gasteiger partial charge in [0.05, 0.1) is 0 Å². The second-order valence-corrected chi connectivity index (χ2v) is 4.55. The van der Waals surface area contributed by atoms with Crippen LogP contribution in [0.5, 0.6) is 0 Å². The Balaban J connectivity index is 2.07. The normalized spacial score (nSPS) is 10.5. The fourth-order valence-corrected chi connectivity index (χ4v) is 1.65. The highest BCUT2D eigenvalue weighted by molar-refractivity contribution is 5.42. The number of nitrogens with two attached hydrogens (primary N) is 1. The summed E-state index contributed by atoms with van der Waals surface area (Å²) in [5, 5.41) is 0. The van der Waals surface area contributed by atoms with E-state index >= 15 is 0 Å². The van der Waals surface area contributed by atoms with Crippen molar-refractivity contribution in [2.24, 2.45) is 0 Å². The molecule has 0 unspecified atom stereocenters. The first-order chi connectivity index (χ1) is 9.06. The minimum Gasteiger partial charge on any atom is -0.368 e. The summed E-state index contributed by atoms with van der Waals surface area (Å²) in [4.78, 5) is 19.5. The Morgan fingerprint density at radius 1 is 1.16 bits per heavy atom. The molecule has 0 amide bonds. The Hall–Kier alpha value is -2.31. The van der Waals surface area contributed by atoms with Crippen molar-refractivity contribution >= 4 is 17.8 Å². The van der Waals surface area contributed by atoms with E-state index in [0.29, 0.717) is 11.9 Å². The molecule has 0 spiro atoms. The summed E-state index contributed by atoms with van der Waals surface area (Å²) in [5.41, 5.74) is 6.89. The fourth-order valence-electron chi connectivity index (χ4n) is 1.65. The van der Waals surface area contributed by atoms with E-state index in [1.807, 2.05) is 38.3 Å². The van der Waals surface area contributed by atoms with Gasteiger partial charge in [-0.25, -0.2) is 0 Å². The van der Waals surface area contributed by atoms with Gasteiger partial charge in [-0.3, -0.25) is 0 Å². The van der Waals surface area contributed by atoms with Crippen LogP contribution in [-0.4, -0.2) is 47.6 Å². The summed E-state index contributed by atoms with van der Waals surface area (Å²) in [5.74, 6) is 1.39. The van der Waals surface area contributed by atoms with Gasteiger partial charge < -0.3 is 20.5 Å². The molecule has 7 nitrogen and oxygen atoms in total. The van der Waals surface area contributed by atoms with Crippen LogP contribution in [0.2, 0.25) is 0 Å². The molecule has 2 aromatic rings. The summed E-state index contributed by atoms with van der Waals surface area (Å²) in [6.07, 6.45) is 2.81. The van der Waals surface area contributed by atoms with E-state index in [1.165, 1.54) is 5.69 Å². The molecule has 3 N–H and O–H groups in total. The summed E-state index contributed by atoms with van der Waals surface area (Å²) >= 11 is 0. The lowest BCUT2D eigenvalue weighted by atomic mass is 10.3. The second-order valence-electron chi connectivity index (χ2n) is 4.55. The van der Waals surface area contributed by atoms with Crippen LogP contribution in [0.15, 0.2) is 18.3 Å². The van der Waals surface area contributed by atoms with Crippen molar-refractivity contribution in [3.05, 3.63) is 24.0 Å². The highest BCUT2D eigenvalue weighted by atomic mass is 15.3. The molecule has 2 aromatic heterocycles. The van der Waals surface area contributed by atoms with Gasteiger partial charge in [-0.1, -0.05) is 0 Å². The molecule has 0 radical (unpaired) electrons. The number of nitrogen functional groups attached to an aromatic ring is 1. The van der Waals surface area contributed by atoms with Gasteiger partial charge in [0, 0.05) is 46.0 Å². The summed E-state index contributed by atoms with van der Waals surface area (Å²) < 4.78 is 0. The first-order valence-electron chi connectivity index (χ1n) is 6.08. The molecule has 7 heteroatoms. The molecule has 19 heavy (non-hydrogen) atoms. The van der Waals surface area contributed by atoms with Crippen molar-refractivity contribution in [2.45, 2.75) is 6.42 Å². The number of aromatic nitrogens is 4. The summed E-state index contributed by atoms with van der Waals surface area (Å²) in [7, 11) is 5.69. The average Bonchev–Trinajstić information content (AvgIpc) is 2.88. The van der Waals surface area contributed by atoms with Gasteiger partial charge in [-0.2, -0.15) is 15.0 Å². The number of likely N-dealkylation sites (N-methyl/N-ethyl adjacent to an activating group) is 1. The molecule has 0 aliphatic rings. The van der Waals surface area contributed by atoms with E-state index in [4.69, 9.17) is 5.73 Å². The average molecular weight is 261 g/mol. The van der Waals surface area contributed by atoms with Crippen LogP contribution < -0.4 is 15.5 Å². The van der Waals surface area contributed by atoms with Gasteiger partial charge in [0.25, 0.3) is 0 Å². The van der Waals surface area contributed by atoms with Gasteiger partial charge in [-0.05, 0) is 12.1 Å². The van der Waals surface area contributed by atoms with Crippen LogP contribution >= 0.6 is 0 Å². The van der Waals surface area contributed by atoms with Crippen LogP contribution in [0.3, 0.4) is 0 Å². The van der Waals surface area contributed by atoms with E-state index in [0.717, 1.165) is 13.0 Å². The third kappa shape index (κ3) is 3.34. The maximum Gasteiger partial charge on any atom is 0.231 e. The molecule has 0 aliphatic carbocycles. The summed E-state index contributed by atoms with van der Waals surface area (Å²) in [6, 6.07) is 4.04. The Bertz CT molecular complexity index is 521. The highest BCUT2D eigenvalue weighted by Crippen LogP contribution is 2.12. The van der Waals surface area contributed by atoms with Crippen LogP contribution in [0.1, 0.15) is 5.69 Å². The molecule has 0 atom stereocenters.